The fourth-order valence-electron chi connectivity index (χ4n) is 2.81. The Morgan fingerprint density at radius 3 is 2.80 bits per heavy atom. The minimum absolute atomic E-state index is 0.0199. The number of benzene rings is 1. The maximum atomic E-state index is 12.6. The van der Waals surface area contributed by atoms with Crippen LogP contribution in [0.4, 0.5) is 0 Å². The molecule has 1 amide bonds. The van der Waals surface area contributed by atoms with Crippen LogP contribution in [0.25, 0.3) is 10.9 Å². The topological polar surface area (TPSA) is 42.0 Å². The summed E-state index contributed by atoms with van der Waals surface area (Å²) in [4.78, 5) is 16.8. The van der Waals surface area contributed by atoms with Crippen molar-refractivity contribution in [3.05, 3.63) is 41.0 Å². The molecule has 1 aliphatic rings. The van der Waals surface area contributed by atoms with Crippen LogP contribution in [0.2, 0.25) is 5.15 Å². The number of hydrogen-bond donors (Lipinski definition) is 1. The van der Waals surface area contributed by atoms with E-state index in [2.05, 4.69) is 17.2 Å². The van der Waals surface area contributed by atoms with Gasteiger partial charge in [0.05, 0.1) is 11.1 Å². The molecule has 4 heteroatoms. The van der Waals surface area contributed by atoms with Crippen molar-refractivity contribution in [2.75, 3.05) is 0 Å². The molecule has 1 aromatic carbocycles. The number of nitrogens with zero attached hydrogens (tertiary/aromatic N) is 1. The minimum Gasteiger partial charge on any atom is -0.347 e. The van der Waals surface area contributed by atoms with E-state index in [9.17, 15) is 4.79 Å². The summed E-state index contributed by atoms with van der Waals surface area (Å²) in [5.41, 5.74) is 1.35. The van der Waals surface area contributed by atoms with Crippen LogP contribution in [0.3, 0.4) is 0 Å². The van der Waals surface area contributed by atoms with Crippen molar-refractivity contribution in [3.63, 3.8) is 0 Å². The Morgan fingerprint density at radius 2 is 2.15 bits per heavy atom. The minimum atomic E-state index is -0.0490. The first kappa shape index (κ1) is 13.4. The van der Waals surface area contributed by atoms with Gasteiger partial charge in [0, 0.05) is 10.9 Å². The van der Waals surface area contributed by atoms with E-state index in [1.807, 2.05) is 24.3 Å². The molecule has 1 aliphatic carbocycles. The molecule has 1 N–H and O–H groups in total. The van der Waals surface area contributed by atoms with Crippen molar-refractivity contribution in [2.45, 2.75) is 38.1 Å². The molecule has 2 aromatic rings. The molecule has 20 heavy (non-hydrogen) atoms. The Bertz CT molecular complexity index is 659. The van der Waals surface area contributed by atoms with E-state index in [1.165, 1.54) is 6.42 Å². The second kappa shape index (κ2) is 5.06. The van der Waals surface area contributed by atoms with Crippen LogP contribution in [-0.4, -0.2) is 16.4 Å². The molecule has 0 aliphatic heterocycles. The summed E-state index contributed by atoms with van der Waals surface area (Å²) in [5, 5.41) is 4.39. The molecule has 0 bridgehead atoms. The van der Waals surface area contributed by atoms with Gasteiger partial charge in [-0.1, -0.05) is 36.7 Å². The van der Waals surface area contributed by atoms with Gasteiger partial charge in [0.15, 0.2) is 0 Å². The lowest BCUT2D eigenvalue weighted by atomic mass is 9.74. The highest BCUT2D eigenvalue weighted by Crippen LogP contribution is 2.35. The van der Waals surface area contributed by atoms with Crippen LogP contribution >= 0.6 is 11.6 Å². The van der Waals surface area contributed by atoms with Gasteiger partial charge < -0.3 is 5.32 Å². The lowest BCUT2D eigenvalue weighted by Crippen LogP contribution is -2.53. The van der Waals surface area contributed by atoms with Crippen LogP contribution in [-0.2, 0) is 0 Å². The molecule has 0 atom stereocenters. The van der Waals surface area contributed by atoms with Crippen molar-refractivity contribution in [1.29, 1.82) is 0 Å². The summed E-state index contributed by atoms with van der Waals surface area (Å²) in [6.45, 7) is 2.12. The van der Waals surface area contributed by atoms with Crippen molar-refractivity contribution < 1.29 is 4.79 Å². The van der Waals surface area contributed by atoms with E-state index in [0.29, 0.717) is 10.7 Å². The van der Waals surface area contributed by atoms with Gasteiger partial charge >= 0.3 is 0 Å². The number of hydrogen-bond acceptors (Lipinski definition) is 2. The lowest BCUT2D eigenvalue weighted by molar-refractivity contribution is 0.0822. The standard InChI is InChI=1S/C16H17ClN2O/c1-2-16(8-5-9-16)19-15(20)12-10-14(17)18-13-7-4-3-6-11(12)13/h3-4,6-7,10H,2,5,8-9H2,1H3,(H,19,20). The normalized spacial score (nSPS) is 16.7. The molecule has 0 saturated heterocycles. The van der Waals surface area contributed by atoms with Crippen molar-refractivity contribution >= 4 is 28.4 Å². The number of para-hydroxylation sites is 1. The van der Waals surface area contributed by atoms with Gasteiger partial charge in [-0.3, -0.25) is 4.79 Å². The highest BCUT2D eigenvalue weighted by atomic mass is 35.5. The zero-order valence-corrected chi connectivity index (χ0v) is 12.2. The fraction of sp³-hybridized carbons (Fsp3) is 0.375. The van der Waals surface area contributed by atoms with Gasteiger partial charge in [0.25, 0.3) is 5.91 Å². The molecule has 0 spiro atoms. The van der Waals surface area contributed by atoms with E-state index < -0.39 is 0 Å². The lowest BCUT2D eigenvalue weighted by Gasteiger charge is -2.42. The first-order valence-electron chi connectivity index (χ1n) is 7.01. The van der Waals surface area contributed by atoms with Crippen LogP contribution in [0.1, 0.15) is 43.0 Å². The summed E-state index contributed by atoms with van der Waals surface area (Å²) in [6, 6.07) is 9.24. The van der Waals surface area contributed by atoms with Gasteiger partial charge in [-0.2, -0.15) is 0 Å². The Morgan fingerprint density at radius 1 is 1.40 bits per heavy atom. The van der Waals surface area contributed by atoms with Gasteiger partial charge in [0.2, 0.25) is 0 Å². The quantitative estimate of drug-likeness (QED) is 0.869. The fourth-order valence-corrected chi connectivity index (χ4v) is 3.01. The molecule has 0 unspecified atom stereocenters. The highest BCUT2D eigenvalue weighted by molar-refractivity contribution is 6.30. The molecule has 104 valence electrons. The summed E-state index contributed by atoms with van der Waals surface area (Å²) < 4.78 is 0. The van der Waals surface area contributed by atoms with E-state index in [1.54, 1.807) is 6.07 Å². The van der Waals surface area contributed by atoms with Crippen molar-refractivity contribution in [1.82, 2.24) is 10.3 Å². The Hall–Kier alpha value is -1.61. The monoisotopic (exact) mass is 288 g/mol. The number of pyridine rings is 1. The number of carbonyl (C=O) groups is 1. The molecular formula is C16H17ClN2O. The van der Waals surface area contributed by atoms with E-state index >= 15 is 0 Å². The molecule has 3 nitrogen and oxygen atoms in total. The average Bonchev–Trinajstić information content (AvgIpc) is 2.41. The van der Waals surface area contributed by atoms with Gasteiger partial charge in [-0.05, 0) is 37.8 Å². The third-order valence-corrected chi connectivity index (χ3v) is 4.49. The van der Waals surface area contributed by atoms with Crippen LogP contribution in [0.5, 0.6) is 0 Å². The van der Waals surface area contributed by atoms with Crippen molar-refractivity contribution in [2.24, 2.45) is 0 Å². The molecule has 3 rings (SSSR count). The third kappa shape index (κ3) is 2.27. The smallest absolute Gasteiger partial charge is 0.252 e. The van der Waals surface area contributed by atoms with Crippen LogP contribution in [0.15, 0.2) is 30.3 Å². The van der Waals surface area contributed by atoms with E-state index in [4.69, 9.17) is 11.6 Å². The number of halogens is 1. The molecule has 1 aromatic heterocycles. The molecule has 1 fully saturated rings. The van der Waals surface area contributed by atoms with Crippen LogP contribution < -0.4 is 5.32 Å². The number of carbonyl (C=O) groups excluding carboxylic acids is 1. The zero-order chi connectivity index (χ0) is 14.2. The summed E-state index contributed by atoms with van der Waals surface area (Å²) in [7, 11) is 0. The van der Waals surface area contributed by atoms with E-state index in [-0.39, 0.29) is 11.4 Å². The Kier molecular flexibility index (Phi) is 3.38. The number of aromatic nitrogens is 1. The zero-order valence-electron chi connectivity index (χ0n) is 11.4. The summed E-state index contributed by atoms with van der Waals surface area (Å²) in [5.74, 6) is -0.0490. The second-order valence-electron chi connectivity index (χ2n) is 5.45. The maximum absolute atomic E-state index is 12.6. The number of nitrogens with one attached hydrogen (secondary N) is 1. The SMILES string of the molecule is CCC1(NC(=O)c2cc(Cl)nc3ccccc23)CCC1. The molecule has 1 saturated carbocycles. The van der Waals surface area contributed by atoms with Crippen LogP contribution in [0, 0.1) is 0 Å². The predicted molar refractivity (Wildman–Crippen MR) is 81.1 cm³/mol. The number of amides is 1. The Balaban J connectivity index is 1.99. The molecule has 0 radical (unpaired) electrons. The summed E-state index contributed by atoms with van der Waals surface area (Å²) >= 11 is 6.03. The predicted octanol–water partition coefficient (Wildman–Crippen LogP) is 3.95. The Labute approximate surface area is 123 Å². The number of fused-ring (bicyclic) bond motifs is 1. The third-order valence-electron chi connectivity index (χ3n) is 4.30. The highest BCUT2D eigenvalue weighted by Gasteiger charge is 2.36. The molecular weight excluding hydrogens is 272 g/mol. The van der Waals surface area contributed by atoms with Gasteiger partial charge in [-0.25, -0.2) is 4.98 Å². The second-order valence-corrected chi connectivity index (χ2v) is 5.84. The average molecular weight is 289 g/mol. The largest absolute Gasteiger partial charge is 0.347 e. The van der Waals surface area contributed by atoms with Gasteiger partial charge in [-0.15, -0.1) is 0 Å². The first-order valence-corrected chi connectivity index (χ1v) is 7.39. The molecule has 1 heterocycles. The maximum Gasteiger partial charge on any atom is 0.252 e. The van der Waals surface area contributed by atoms with Gasteiger partial charge in [0.1, 0.15) is 5.15 Å². The summed E-state index contributed by atoms with van der Waals surface area (Å²) in [6.07, 6.45) is 4.28. The first-order chi connectivity index (χ1) is 9.63. The number of rotatable bonds is 3. The van der Waals surface area contributed by atoms with Crippen molar-refractivity contribution in [3.8, 4) is 0 Å². The van der Waals surface area contributed by atoms with E-state index in [0.717, 1.165) is 30.2 Å².